The summed E-state index contributed by atoms with van der Waals surface area (Å²) in [6.45, 7) is 7.61. The summed E-state index contributed by atoms with van der Waals surface area (Å²) in [7, 11) is -3.27. The summed E-state index contributed by atoms with van der Waals surface area (Å²) in [6.07, 6.45) is 3.65. The van der Waals surface area contributed by atoms with Crippen LogP contribution in [0.15, 0.2) is 65.7 Å². The van der Waals surface area contributed by atoms with E-state index in [1.54, 1.807) is 18.2 Å². The van der Waals surface area contributed by atoms with Gasteiger partial charge in [-0.3, -0.25) is 9.69 Å². The van der Waals surface area contributed by atoms with Gasteiger partial charge in [-0.2, -0.15) is 9.78 Å². The van der Waals surface area contributed by atoms with Crippen LogP contribution in [-0.4, -0.2) is 60.8 Å². The monoisotopic (exact) mass is 496 g/mol. The minimum Gasteiger partial charge on any atom is -0.335 e. The number of nitrogens with zero attached hydrogens (tertiary/aromatic N) is 3. The Kier molecular flexibility index (Phi) is 8.58. The summed E-state index contributed by atoms with van der Waals surface area (Å²) in [5.74, 6) is -0.186. The van der Waals surface area contributed by atoms with E-state index >= 15 is 0 Å². The lowest BCUT2D eigenvalue weighted by Crippen LogP contribution is -2.38. The van der Waals surface area contributed by atoms with Gasteiger partial charge >= 0.3 is 6.03 Å². The van der Waals surface area contributed by atoms with Gasteiger partial charge in [0.05, 0.1) is 4.90 Å². The van der Waals surface area contributed by atoms with Crippen LogP contribution < -0.4 is 5.32 Å². The smallest absolute Gasteiger partial charge is 0.335 e. The van der Waals surface area contributed by atoms with Gasteiger partial charge in [-0.15, -0.1) is 0 Å². The van der Waals surface area contributed by atoms with Crippen molar-refractivity contribution >= 4 is 21.7 Å². The first-order valence-corrected chi connectivity index (χ1v) is 13.5. The molecule has 0 radical (unpaired) electrons. The number of amides is 1. The van der Waals surface area contributed by atoms with Gasteiger partial charge in [-0.1, -0.05) is 43.3 Å². The van der Waals surface area contributed by atoms with Crippen molar-refractivity contribution in [2.75, 3.05) is 25.9 Å². The van der Waals surface area contributed by atoms with Crippen LogP contribution in [0.25, 0.3) is 11.1 Å². The zero-order chi connectivity index (χ0) is 25.6. The van der Waals surface area contributed by atoms with Gasteiger partial charge in [-0.05, 0) is 54.8 Å². The minimum atomic E-state index is -3.27. The van der Waals surface area contributed by atoms with Gasteiger partial charge in [0.25, 0.3) is 0 Å². The third-order valence-corrected chi connectivity index (χ3v) is 6.99. The van der Waals surface area contributed by atoms with Crippen LogP contribution in [0.2, 0.25) is 0 Å². The zero-order valence-corrected chi connectivity index (χ0v) is 21.4. The molecule has 0 spiro atoms. The average molecular weight is 497 g/mol. The highest BCUT2D eigenvalue weighted by atomic mass is 32.2. The second kappa shape index (κ2) is 11.4. The predicted octanol–water partition coefficient (Wildman–Crippen LogP) is 4.19. The average Bonchev–Trinajstić information content (AvgIpc) is 3.34. The summed E-state index contributed by atoms with van der Waals surface area (Å²) >= 11 is 0. The van der Waals surface area contributed by atoms with E-state index in [4.69, 9.17) is 0 Å². The van der Waals surface area contributed by atoms with Crippen molar-refractivity contribution in [3.63, 3.8) is 0 Å². The van der Waals surface area contributed by atoms with Gasteiger partial charge in [-0.25, -0.2) is 13.2 Å². The molecule has 1 N–H and O–H groups in total. The number of carbonyl (C=O) groups is 2. The number of hydrogen-bond acceptors (Lipinski definition) is 6. The van der Waals surface area contributed by atoms with E-state index in [0.29, 0.717) is 18.0 Å². The Morgan fingerprint density at radius 1 is 1.06 bits per heavy atom. The molecule has 1 unspecified atom stereocenters. The van der Waals surface area contributed by atoms with E-state index < -0.39 is 9.84 Å². The fourth-order valence-electron chi connectivity index (χ4n) is 3.87. The lowest BCUT2D eigenvalue weighted by molar-refractivity contribution is 0.101. The lowest BCUT2D eigenvalue weighted by atomic mass is 10.0. The number of benzene rings is 2. The summed E-state index contributed by atoms with van der Waals surface area (Å²) < 4.78 is 24.9. The van der Waals surface area contributed by atoms with Gasteiger partial charge < -0.3 is 5.32 Å². The maximum absolute atomic E-state index is 12.3. The quantitative estimate of drug-likeness (QED) is 0.423. The second-order valence-electron chi connectivity index (χ2n) is 8.57. The molecule has 1 atom stereocenters. The highest BCUT2D eigenvalue weighted by Gasteiger charge is 2.16. The first kappa shape index (κ1) is 26.3. The Bertz CT molecular complexity index is 1280. The molecular formula is C26H32N4O4S. The van der Waals surface area contributed by atoms with Crippen LogP contribution >= 0.6 is 0 Å². The van der Waals surface area contributed by atoms with E-state index in [1.165, 1.54) is 25.4 Å². The normalized spacial score (nSPS) is 12.5. The molecule has 1 aromatic heterocycles. The third-order valence-electron chi connectivity index (χ3n) is 5.88. The SMILES string of the molecule is CCCN(CCNC(=O)n1ccc(C(C)=O)n1)C(C)c1ccc(-c2cccc(S(C)(=O)=O)c2)cc1. The Labute approximate surface area is 206 Å². The second-order valence-corrected chi connectivity index (χ2v) is 10.6. The Balaban J connectivity index is 1.64. The number of nitrogens with one attached hydrogen (secondary N) is 1. The molecule has 0 aliphatic heterocycles. The van der Waals surface area contributed by atoms with Crippen molar-refractivity contribution in [2.24, 2.45) is 0 Å². The molecule has 35 heavy (non-hydrogen) atoms. The molecular weight excluding hydrogens is 464 g/mol. The van der Waals surface area contributed by atoms with Crippen LogP contribution in [0.3, 0.4) is 0 Å². The first-order chi connectivity index (χ1) is 16.6. The minimum absolute atomic E-state index is 0.122. The summed E-state index contributed by atoms with van der Waals surface area (Å²) in [4.78, 5) is 26.3. The van der Waals surface area contributed by atoms with Crippen molar-refractivity contribution in [2.45, 2.75) is 38.1 Å². The number of ketones is 1. The van der Waals surface area contributed by atoms with E-state index in [0.717, 1.165) is 34.3 Å². The molecule has 1 amide bonds. The fourth-order valence-corrected chi connectivity index (χ4v) is 4.54. The maximum Gasteiger partial charge on any atom is 0.342 e. The molecule has 0 aliphatic carbocycles. The third kappa shape index (κ3) is 6.86. The van der Waals surface area contributed by atoms with Crippen molar-refractivity contribution in [1.82, 2.24) is 20.0 Å². The zero-order valence-electron chi connectivity index (χ0n) is 20.6. The number of sulfone groups is 1. The van der Waals surface area contributed by atoms with Crippen molar-refractivity contribution < 1.29 is 18.0 Å². The number of aromatic nitrogens is 2. The van der Waals surface area contributed by atoms with E-state index in [2.05, 4.69) is 41.3 Å². The predicted molar refractivity (Wildman–Crippen MR) is 136 cm³/mol. The molecule has 0 fully saturated rings. The van der Waals surface area contributed by atoms with Gasteiger partial charge in [0.1, 0.15) is 5.69 Å². The summed E-state index contributed by atoms with van der Waals surface area (Å²) in [6, 6.07) is 16.3. The molecule has 8 nitrogen and oxygen atoms in total. The highest BCUT2D eigenvalue weighted by molar-refractivity contribution is 7.90. The molecule has 0 aliphatic rings. The molecule has 0 saturated heterocycles. The molecule has 3 aromatic rings. The maximum atomic E-state index is 12.3. The lowest BCUT2D eigenvalue weighted by Gasteiger charge is -2.29. The Morgan fingerprint density at radius 3 is 2.37 bits per heavy atom. The molecule has 0 saturated carbocycles. The van der Waals surface area contributed by atoms with E-state index in [-0.39, 0.29) is 23.6 Å². The first-order valence-electron chi connectivity index (χ1n) is 11.6. The summed E-state index contributed by atoms with van der Waals surface area (Å²) in [5.41, 5.74) is 3.19. The van der Waals surface area contributed by atoms with Crippen LogP contribution in [-0.2, 0) is 9.84 Å². The Morgan fingerprint density at radius 2 is 1.77 bits per heavy atom. The molecule has 0 bridgehead atoms. The highest BCUT2D eigenvalue weighted by Crippen LogP contribution is 2.26. The molecule has 2 aromatic carbocycles. The van der Waals surface area contributed by atoms with Crippen LogP contribution in [0, 0.1) is 0 Å². The van der Waals surface area contributed by atoms with E-state index in [9.17, 15) is 18.0 Å². The van der Waals surface area contributed by atoms with Crippen LogP contribution in [0.1, 0.15) is 49.3 Å². The Hall–Kier alpha value is -3.30. The van der Waals surface area contributed by atoms with Crippen LogP contribution in [0.5, 0.6) is 0 Å². The topological polar surface area (TPSA) is 101 Å². The fraction of sp³-hybridized carbons (Fsp3) is 0.346. The van der Waals surface area contributed by atoms with Gasteiger partial charge in [0.2, 0.25) is 0 Å². The van der Waals surface area contributed by atoms with Gasteiger partial charge in [0, 0.05) is 38.5 Å². The van der Waals surface area contributed by atoms with Crippen molar-refractivity contribution in [1.29, 1.82) is 0 Å². The summed E-state index contributed by atoms with van der Waals surface area (Å²) in [5, 5.41) is 6.84. The van der Waals surface area contributed by atoms with Crippen molar-refractivity contribution in [3.8, 4) is 11.1 Å². The largest absolute Gasteiger partial charge is 0.342 e. The molecule has 186 valence electrons. The van der Waals surface area contributed by atoms with Crippen LogP contribution in [0.4, 0.5) is 4.79 Å². The molecule has 3 rings (SSSR count). The number of Topliss-reactive ketones (excluding diaryl/α,β-unsaturated/α-hetero) is 1. The number of carbonyl (C=O) groups excluding carboxylic acids is 2. The number of rotatable bonds is 10. The van der Waals surface area contributed by atoms with E-state index in [1.807, 2.05) is 18.2 Å². The number of hydrogen-bond donors (Lipinski definition) is 1. The molecule has 9 heteroatoms. The molecule has 1 heterocycles. The van der Waals surface area contributed by atoms with Gasteiger partial charge in [0.15, 0.2) is 15.6 Å². The van der Waals surface area contributed by atoms with Crippen molar-refractivity contribution in [3.05, 3.63) is 72.1 Å². The standard InChI is InChI=1S/C26H32N4O4S/c1-5-15-29(17-14-27-26(32)30-16-13-25(28-30)20(3)31)19(2)21-9-11-22(12-10-21)23-7-6-8-24(18-23)35(4,33)34/h6-13,16,18-19H,5,14-15,17H2,1-4H3,(H,27,32).